The Kier molecular flexibility index (Phi) is 7.20. The lowest BCUT2D eigenvalue weighted by molar-refractivity contribution is 0.0276. The zero-order valence-electron chi connectivity index (χ0n) is 10.3. The molecule has 0 aliphatic heterocycles. The molecular formula is C12H27NO. The van der Waals surface area contributed by atoms with Crippen molar-refractivity contribution in [2.45, 2.75) is 59.0 Å². The van der Waals surface area contributed by atoms with Crippen molar-refractivity contribution in [3.05, 3.63) is 0 Å². The molecule has 0 aliphatic rings. The smallest absolute Gasteiger partial charge is 0.0634 e. The van der Waals surface area contributed by atoms with Gasteiger partial charge in [0.05, 0.1) is 5.60 Å². The Hall–Kier alpha value is -0.0800. The molecule has 2 atom stereocenters. The lowest BCUT2D eigenvalue weighted by Gasteiger charge is -2.26. The van der Waals surface area contributed by atoms with Crippen LogP contribution in [-0.4, -0.2) is 23.8 Å². The average Bonchev–Trinajstić information content (AvgIpc) is 2.12. The van der Waals surface area contributed by atoms with Gasteiger partial charge in [0.15, 0.2) is 0 Å². The highest BCUT2D eigenvalue weighted by Gasteiger charge is 2.21. The van der Waals surface area contributed by atoms with Gasteiger partial charge in [-0.05, 0) is 45.2 Å². The molecule has 0 bridgehead atoms. The van der Waals surface area contributed by atoms with Crippen molar-refractivity contribution in [3.63, 3.8) is 0 Å². The van der Waals surface area contributed by atoms with E-state index in [2.05, 4.69) is 26.1 Å². The largest absolute Gasteiger partial charge is 0.390 e. The zero-order valence-corrected chi connectivity index (χ0v) is 10.3. The summed E-state index contributed by atoms with van der Waals surface area (Å²) >= 11 is 0. The van der Waals surface area contributed by atoms with Gasteiger partial charge in [-0.25, -0.2) is 0 Å². The summed E-state index contributed by atoms with van der Waals surface area (Å²) < 4.78 is 0. The highest BCUT2D eigenvalue weighted by atomic mass is 16.3. The van der Waals surface area contributed by atoms with E-state index in [1.165, 1.54) is 0 Å². The van der Waals surface area contributed by atoms with E-state index in [9.17, 15) is 5.11 Å². The molecule has 0 aliphatic carbocycles. The van der Waals surface area contributed by atoms with E-state index in [4.69, 9.17) is 0 Å². The van der Waals surface area contributed by atoms with E-state index in [0.29, 0.717) is 5.92 Å². The van der Waals surface area contributed by atoms with Crippen molar-refractivity contribution in [2.75, 3.05) is 13.1 Å². The van der Waals surface area contributed by atoms with Crippen molar-refractivity contribution < 1.29 is 5.11 Å². The second-order valence-corrected chi connectivity index (χ2v) is 4.71. The van der Waals surface area contributed by atoms with Gasteiger partial charge in [-0.3, -0.25) is 0 Å². The second-order valence-electron chi connectivity index (χ2n) is 4.71. The average molecular weight is 201 g/mol. The Morgan fingerprint density at radius 2 is 1.93 bits per heavy atom. The summed E-state index contributed by atoms with van der Waals surface area (Å²) in [6.45, 7) is 10.5. The molecule has 0 aromatic rings. The number of nitrogens with one attached hydrogen (secondary N) is 1. The summed E-state index contributed by atoms with van der Waals surface area (Å²) in [5, 5.41) is 13.4. The van der Waals surface area contributed by atoms with Gasteiger partial charge in [0.1, 0.15) is 0 Å². The highest BCUT2D eigenvalue weighted by molar-refractivity contribution is 4.75. The number of rotatable bonds is 8. The van der Waals surface area contributed by atoms with Crippen LogP contribution in [0.3, 0.4) is 0 Å². The van der Waals surface area contributed by atoms with Crippen molar-refractivity contribution in [3.8, 4) is 0 Å². The maximum Gasteiger partial charge on any atom is 0.0634 e. The van der Waals surface area contributed by atoms with Crippen LogP contribution in [0.2, 0.25) is 0 Å². The number of hydrogen-bond acceptors (Lipinski definition) is 2. The standard InChI is InChI=1S/C12H27NO/c1-5-8-13-9-7-12(4,14)10-11(3)6-2/h11,13-14H,5-10H2,1-4H3. The molecule has 0 amide bonds. The summed E-state index contributed by atoms with van der Waals surface area (Å²) in [5.41, 5.74) is -0.490. The van der Waals surface area contributed by atoms with Crippen LogP contribution in [0.5, 0.6) is 0 Å². The lowest BCUT2D eigenvalue weighted by Crippen LogP contribution is -2.32. The highest BCUT2D eigenvalue weighted by Crippen LogP contribution is 2.21. The minimum Gasteiger partial charge on any atom is -0.390 e. The van der Waals surface area contributed by atoms with Crippen molar-refractivity contribution in [2.24, 2.45) is 5.92 Å². The maximum absolute atomic E-state index is 10.1. The van der Waals surface area contributed by atoms with E-state index in [1.54, 1.807) is 0 Å². The molecule has 0 saturated carbocycles. The first-order valence-electron chi connectivity index (χ1n) is 5.95. The van der Waals surface area contributed by atoms with Crippen LogP contribution >= 0.6 is 0 Å². The van der Waals surface area contributed by atoms with E-state index < -0.39 is 5.60 Å². The first-order valence-corrected chi connectivity index (χ1v) is 5.95. The molecule has 0 radical (unpaired) electrons. The SMILES string of the molecule is CCCNCCC(C)(O)CC(C)CC. The molecule has 0 spiro atoms. The predicted molar refractivity (Wildman–Crippen MR) is 62.5 cm³/mol. The van der Waals surface area contributed by atoms with Gasteiger partial charge < -0.3 is 10.4 Å². The zero-order chi connectivity index (χ0) is 11.0. The second kappa shape index (κ2) is 7.24. The Balaban J connectivity index is 3.60. The third kappa shape index (κ3) is 7.34. The van der Waals surface area contributed by atoms with Crippen LogP contribution in [0.1, 0.15) is 53.4 Å². The molecule has 0 aromatic carbocycles. The van der Waals surface area contributed by atoms with Gasteiger partial charge in [0.2, 0.25) is 0 Å². The van der Waals surface area contributed by atoms with Gasteiger partial charge >= 0.3 is 0 Å². The van der Waals surface area contributed by atoms with Gasteiger partial charge in [0.25, 0.3) is 0 Å². The summed E-state index contributed by atoms with van der Waals surface area (Å²) in [4.78, 5) is 0. The van der Waals surface area contributed by atoms with Gasteiger partial charge in [-0.1, -0.05) is 27.2 Å². The Morgan fingerprint density at radius 1 is 1.29 bits per heavy atom. The van der Waals surface area contributed by atoms with Crippen LogP contribution in [0.15, 0.2) is 0 Å². The molecule has 14 heavy (non-hydrogen) atoms. The monoisotopic (exact) mass is 201 g/mol. The van der Waals surface area contributed by atoms with Crippen LogP contribution in [0.25, 0.3) is 0 Å². The van der Waals surface area contributed by atoms with Gasteiger partial charge in [-0.2, -0.15) is 0 Å². The first-order chi connectivity index (χ1) is 6.52. The van der Waals surface area contributed by atoms with E-state index in [0.717, 1.165) is 38.8 Å². The fraction of sp³-hybridized carbons (Fsp3) is 1.00. The van der Waals surface area contributed by atoms with E-state index in [-0.39, 0.29) is 0 Å². The van der Waals surface area contributed by atoms with Crippen molar-refractivity contribution >= 4 is 0 Å². The van der Waals surface area contributed by atoms with Crippen LogP contribution in [0, 0.1) is 5.92 Å². The number of aliphatic hydroxyl groups is 1. The maximum atomic E-state index is 10.1. The minimum atomic E-state index is -0.490. The normalized spacial score (nSPS) is 17.8. The van der Waals surface area contributed by atoms with Crippen molar-refractivity contribution in [1.82, 2.24) is 5.32 Å². The molecule has 0 rings (SSSR count). The molecule has 2 nitrogen and oxygen atoms in total. The Morgan fingerprint density at radius 3 is 2.43 bits per heavy atom. The molecular weight excluding hydrogens is 174 g/mol. The third-order valence-electron chi connectivity index (χ3n) is 2.75. The van der Waals surface area contributed by atoms with Gasteiger partial charge in [-0.15, -0.1) is 0 Å². The molecule has 0 fully saturated rings. The van der Waals surface area contributed by atoms with E-state index in [1.807, 2.05) is 6.92 Å². The number of hydrogen-bond donors (Lipinski definition) is 2. The molecule has 0 saturated heterocycles. The predicted octanol–water partition coefficient (Wildman–Crippen LogP) is 2.56. The topological polar surface area (TPSA) is 32.3 Å². The summed E-state index contributed by atoms with van der Waals surface area (Å²) in [6.07, 6.45) is 4.08. The summed E-state index contributed by atoms with van der Waals surface area (Å²) in [5.74, 6) is 0.621. The minimum absolute atomic E-state index is 0.490. The fourth-order valence-electron chi connectivity index (χ4n) is 1.66. The molecule has 2 N–H and O–H groups in total. The quantitative estimate of drug-likeness (QED) is 0.592. The lowest BCUT2D eigenvalue weighted by atomic mass is 9.89. The van der Waals surface area contributed by atoms with Gasteiger partial charge in [0, 0.05) is 0 Å². The van der Waals surface area contributed by atoms with Crippen LogP contribution in [0.4, 0.5) is 0 Å². The molecule has 0 aromatic heterocycles. The first kappa shape index (κ1) is 13.9. The summed E-state index contributed by atoms with van der Waals surface area (Å²) in [6, 6.07) is 0. The Bertz CT molecular complexity index is 134. The molecule has 2 unspecified atom stereocenters. The molecule has 0 heterocycles. The van der Waals surface area contributed by atoms with E-state index >= 15 is 0 Å². The van der Waals surface area contributed by atoms with Crippen LogP contribution < -0.4 is 5.32 Å². The molecule has 86 valence electrons. The fourth-order valence-corrected chi connectivity index (χ4v) is 1.66. The Labute approximate surface area is 89.1 Å². The molecule has 2 heteroatoms. The third-order valence-corrected chi connectivity index (χ3v) is 2.75. The van der Waals surface area contributed by atoms with Crippen LogP contribution in [-0.2, 0) is 0 Å². The van der Waals surface area contributed by atoms with Crippen molar-refractivity contribution in [1.29, 1.82) is 0 Å². The summed E-state index contributed by atoms with van der Waals surface area (Å²) in [7, 11) is 0.